The summed E-state index contributed by atoms with van der Waals surface area (Å²) in [5.41, 5.74) is 3.71. The van der Waals surface area contributed by atoms with Gasteiger partial charge < -0.3 is 4.90 Å². The van der Waals surface area contributed by atoms with E-state index in [1.165, 1.54) is 10.2 Å². The van der Waals surface area contributed by atoms with Crippen LogP contribution in [0.5, 0.6) is 0 Å². The third kappa shape index (κ3) is 2.87. The van der Waals surface area contributed by atoms with Crippen LogP contribution in [0.2, 0.25) is 0 Å². The highest BCUT2D eigenvalue weighted by atomic mass is 16.2. The van der Waals surface area contributed by atoms with Crippen LogP contribution in [0.3, 0.4) is 0 Å². The van der Waals surface area contributed by atoms with Crippen LogP contribution in [0.1, 0.15) is 24.0 Å². The van der Waals surface area contributed by atoms with Crippen LogP contribution in [-0.2, 0) is 17.8 Å². The van der Waals surface area contributed by atoms with E-state index in [-0.39, 0.29) is 24.4 Å². The van der Waals surface area contributed by atoms with E-state index in [2.05, 4.69) is 16.4 Å². The molecule has 1 amide bonds. The quantitative estimate of drug-likeness (QED) is 0.729. The highest BCUT2D eigenvalue weighted by Gasteiger charge is 2.24. The molecule has 0 N–H and O–H groups in total. The number of anilines is 1. The summed E-state index contributed by atoms with van der Waals surface area (Å²) in [7, 11) is 0. The van der Waals surface area contributed by atoms with Crippen molar-refractivity contribution in [2.45, 2.75) is 32.7 Å². The molecule has 132 valence electrons. The van der Waals surface area contributed by atoms with E-state index in [9.17, 15) is 9.59 Å². The lowest BCUT2D eigenvalue weighted by Crippen LogP contribution is -2.37. The van der Waals surface area contributed by atoms with Crippen molar-refractivity contribution in [1.82, 2.24) is 15.0 Å². The van der Waals surface area contributed by atoms with Crippen molar-refractivity contribution in [3.63, 3.8) is 0 Å². The van der Waals surface area contributed by atoms with Gasteiger partial charge in [-0.1, -0.05) is 35.5 Å². The standard InChI is InChI=1S/C20H20N4O2/c1-14-6-4-7-15-8-5-12-23(19(14)15)18(25)11-13-24-20(26)16-9-2-3-10-17(16)21-22-24/h2-4,6-7,9-10H,5,8,11-13H2,1H3. The number of carbonyl (C=O) groups is 1. The van der Waals surface area contributed by atoms with E-state index in [0.29, 0.717) is 10.9 Å². The number of aryl methyl sites for hydroxylation is 3. The van der Waals surface area contributed by atoms with Crippen LogP contribution in [0.15, 0.2) is 47.3 Å². The Kier molecular flexibility index (Phi) is 4.24. The molecule has 0 radical (unpaired) electrons. The summed E-state index contributed by atoms with van der Waals surface area (Å²) in [4.78, 5) is 27.2. The lowest BCUT2D eigenvalue weighted by atomic mass is 9.98. The fourth-order valence-corrected chi connectivity index (χ4v) is 3.60. The van der Waals surface area contributed by atoms with Gasteiger partial charge in [0.15, 0.2) is 0 Å². The average molecular weight is 348 g/mol. The van der Waals surface area contributed by atoms with Crippen molar-refractivity contribution in [1.29, 1.82) is 0 Å². The molecule has 0 atom stereocenters. The summed E-state index contributed by atoms with van der Waals surface area (Å²) in [5, 5.41) is 8.56. The van der Waals surface area contributed by atoms with Crippen LogP contribution in [-0.4, -0.2) is 27.4 Å². The molecule has 0 aliphatic carbocycles. The molecule has 0 unspecified atom stereocenters. The van der Waals surface area contributed by atoms with Gasteiger partial charge in [0.1, 0.15) is 5.52 Å². The Balaban J connectivity index is 1.56. The molecule has 26 heavy (non-hydrogen) atoms. The zero-order chi connectivity index (χ0) is 18.1. The van der Waals surface area contributed by atoms with E-state index < -0.39 is 0 Å². The molecule has 0 fully saturated rings. The first-order valence-corrected chi connectivity index (χ1v) is 8.86. The smallest absolute Gasteiger partial charge is 0.277 e. The van der Waals surface area contributed by atoms with Crippen molar-refractivity contribution >= 4 is 22.5 Å². The molecule has 6 nitrogen and oxygen atoms in total. The molecule has 0 bridgehead atoms. The predicted octanol–water partition coefficient (Wildman–Crippen LogP) is 2.47. The second-order valence-corrected chi connectivity index (χ2v) is 6.62. The second-order valence-electron chi connectivity index (χ2n) is 6.62. The highest BCUT2D eigenvalue weighted by molar-refractivity contribution is 5.95. The van der Waals surface area contributed by atoms with E-state index >= 15 is 0 Å². The number of hydrogen-bond acceptors (Lipinski definition) is 4. The Labute approximate surface area is 151 Å². The van der Waals surface area contributed by atoms with Gasteiger partial charge in [0.2, 0.25) is 5.91 Å². The molecule has 2 heterocycles. The average Bonchev–Trinajstić information content (AvgIpc) is 2.67. The largest absolute Gasteiger partial charge is 0.312 e. The first-order chi connectivity index (χ1) is 12.6. The summed E-state index contributed by atoms with van der Waals surface area (Å²) in [6, 6.07) is 13.3. The highest BCUT2D eigenvalue weighted by Crippen LogP contribution is 2.30. The number of amides is 1. The maximum absolute atomic E-state index is 12.8. The summed E-state index contributed by atoms with van der Waals surface area (Å²) in [6.45, 7) is 2.98. The molecule has 6 heteroatoms. The van der Waals surface area contributed by atoms with Gasteiger partial charge in [-0.3, -0.25) is 9.59 Å². The summed E-state index contributed by atoms with van der Waals surface area (Å²) in [6.07, 6.45) is 2.18. The number of nitrogens with zero attached hydrogens (tertiary/aromatic N) is 4. The van der Waals surface area contributed by atoms with Crippen molar-refractivity contribution in [2.24, 2.45) is 0 Å². The summed E-state index contributed by atoms with van der Waals surface area (Å²) < 4.78 is 1.28. The van der Waals surface area contributed by atoms with Crippen LogP contribution in [0.4, 0.5) is 5.69 Å². The molecular weight excluding hydrogens is 328 g/mol. The molecule has 4 rings (SSSR count). The van der Waals surface area contributed by atoms with Gasteiger partial charge in [-0.15, -0.1) is 5.10 Å². The monoisotopic (exact) mass is 348 g/mol. The van der Waals surface area contributed by atoms with Crippen LogP contribution in [0.25, 0.3) is 10.9 Å². The molecule has 1 aromatic heterocycles. The SMILES string of the molecule is Cc1cccc2c1N(C(=O)CCn1nnc3ccccc3c1=O)CCC2. The number of aromatic nitrogens is 3. The Morgan fingerprint density at radius 2 is 2.00 bits per heavy atom. The van der Waals surface area contributed by atoms with Gasteiger partial charge in [-0.25, -0.2) is 4.68 Å². The van der Waals surface area contributed by atoms with Gasteiger partial charge in [-0.05, 0) is 43.0 Å². The number of para-hydroxylation sites is 1. The molecule has 0 spiro atoms. The summed E-state index contributed by atoms with van der Waals surface area (Å²) >= 11 is 0. The fraction of sp³-hybridized carbons (Fsp3) is 0.300. The van der Waals surface area contributed by atoms with Crippen LogP contribution in [0, 0.1) is 6.92 Å². The molecule has 1 aliphatic rings. The fourth-order valence-electron chi connectivity index (χ4n) is 3.60. The van der Waals surface area contributed by atoms with Gasteiger partial charge in [0, 0.05) is 18.7 Å². The minimum atomic E-state index is -0.210. The minimum absolute atomic E-state index is 0.0158. The Bertz CT molecular complexity index is 1040. The molecular formula is C20H20N4O2. The zero-order valence-electron chi connectivity index (χ0n) is 14.7. The van der Waals surface area contributed by atoms with Crippen LogP contribution >= 0.6 is 0 Å². The van der Waals surface area contributed by atoms with E-state index in [1.54, 1.807) is 18.2 Å². The molecule has 0 saturated carbocycles. The van der Waals surface area contributed by atoms with Crippen LogP contribution < -0.4 is 10.5 Å². The molecule has 2 aromatic carbocycles. The van der Waals surface area contributed by atoms with Crippen molar-refractivity contribution < 1.29 is 4.79 Å². The second kappa shape index (κ2) is 6.71. The molecule has 1 aliphatic heterocycles. The Morgan fingerprint density at radius 1 is 1.15 bits per heavy atom. The van der Waals surface area contributed by atoms with Crippen molar-refractivity contribution in [3.05, 3.63) is 63.9 Å². The number of fused-ring (bicyclic) bond motifs is 2. The topological polar surface area (TPSA) is 68.1 Å². The van der Waals surface area contributed by atoms with Gasteiger partial charge >= 0.3 is 0 Å². The number of hydrogen-bond donors (Lipinski definition) is 0. The van der Waals surface area contributed by atoms with E-state index in [4.69, 9.17) is 0 Å². The van der Waals surface area contributed by atoms with Gasteiger partial charge in [0.25, 0.3) is 5.56 Å². The Morgan fingerprint density at radius 3 is 2.88 bits per heavy atom. The third-order valence-electron chi connectivity index (χ3n) is 4.89. The zero-order valence-corrected chi connectivity index (χ0v) is 14.7. The number of benzene rings is 2. The van der Waals surface area contributed by atoms with E-state index in [0.717, 1.165) is 30.6 Å². The normalized spacial score (nSPS) is 13.7. The van der Waals surface area contributed by atoms with Crippen molar-refractivity contribution in [3.8, 4) is 0 Å². The first kappa shape index (κ1) is 16.4. The maximum atomic E-state index is 12.8. The third-order valence-corrected chi connectivity index (χ3v) is 4.89. The predicted molar refractivity (Wildman–Crippen MR) is 100 cm³/mol. The maximum Gasteiger partial charge on any atom is 0.277 e. The minimum Gasteiger partial charge on any atom is -0.312 e. The van der Waals surface area contributed by atoms with E-state index in [1.807, 2.05) is 30.0 Å². The Hall–Kier alpha value is -3.02. The lowest BCUT2D eigenvalue weighted by Gasteiger charge is -2.31. The molecule has 3 aromatic rings. The number of rotatable bonds is 3. The molecule has 0 saturated heterocycles. The van der Waals surface area contributed by atoms with Gasteiger partial charge in [-0.2, -0.15) is 0 Å². The van der Waals surface area contributed by atoms with Crippen molar-refractivity contribution in [2.75, 3.05) is 11.4 Å². The number of carbonyl (C=O) groups excluding carboxylic acids is 1. The lowest BCUT2D eigenvalue weighted by molar-refractivity contribution is -0.119. The van der Waals surface area contributed by atoms with Gasteiger partial charge in [0.05, 0.1) is 11.9 Å². The first-order valence-electron chi connectivity index (χ1n) is 8.86. The summed E-state index contributed by atoms with van der Waals surface area (Å²) in [5.74, 6) is 0.0158.